The number of methoxy groups -OCH3 is 1. The highest BCUT2D eigenvalue weighted by Crippen LogP contribution is 2.26. The number of benzene rings is 2. The fourth-order valence-corrected chi connectivity index (χ4v) is 3.47. The molecule has 0 fully saturated rings. The smallest absolute Gasteiger partial charge is 0.245 e. The summed E-state index contributed by atoms with van der Waals surface area (Å²) in [5.74, 6) is 0.545. The number of carbonyl (C=O) groups is 1. The van der Waals surface area contributed by atoms with Crippen molar-refractivity contribution in [2.45, 2.75) is 26.9 Å². The molecule has 28 heavy (non-hydrogen) atoms. The molecule has 0 saturated heterocycles. The van der Waals surface area contributed by atoms with E-state index in [1.54, 1.807) is 36.4 Å². The van der Waals surface area contributed by atoms with Crippen LogP contribution in [0.4, 0.5) is 11.4 Å². The van der Waals surface area contributed by atoms with Gasteiger partial charge in [-0.1, -0.05) is 12.1 Å². The molecule has 0 unspecified atom stereocenters. The minimum atomic E-state index is -3.69. The van der Waals surface area contributed by atoms with Gasteiger partial charge in [-0.05, 0) is 50.6 Å². The van der Waals surface area contributed by atoms with Crippen molar-refractivity contribution < 1.29 is 22.7 Å². The predicted octanol–water partition coefficient (Wildman–Crippen LogP) is 3.20. The third-order valence-corrected chi connectivity index (χ3v) is 4.93. The summed E-state index contributed by atoms with van der Waals surface area (Å²) in [5.41, 5.74) is 1.78. The second kappa shape index (κ2) is 8.97. The number of sulfonamides is 1. The molecule has 8 heteroatoms. The lowest BCUT2D eigenvalue weighted by molar-refractivity contribution is -0.114. The largest absolute Gasteiger partial charge is 0.495 e. The summed E-state index contributed by atoms with van der Waals surface area (Å²) < 4.78 is 36.5. The predicted molar refractivity (Wildman–Crippen MR) is 111 cm³/mol. The van der Waals surface area contributed by atoms with Gasteiger partial charge < -0.3 is 14.8 Å². The molecule has 2 rings (SSSR count). The monoisotopic (exact) mass is 406 g/mol. The summed E-state index contributed by atoms with van der Waals surface area (Å²) in [6, 6.07) is 12.0. The Hall–Kier alpha value is -2.74. The summed E-state index contributed by atoms with van der Waals surface area (Å²) in [6.07, 6.45) is 1.00. The lowest BCUT2D eigenvalue weighted by Crippen LogP contribution is -2.37. The molecule has 2 aromatic carbocycles. The molecule has 0 aliphatic heterocycles. The van der Waals surface area contributed by atoms with Crippen LogP contribution in [0.15, 0.2) is 42.5 Å². The van der Waals surface area contributed by atoms with Gasteiger partial charge in [-0.15, -0.1) is 0 Å². The first-order chi connectivity index (χ1) is 13.1. The zero-order valence-corrected chi connectivity index (χ0v) is 17.5. The van der Waals surface area contributed by atoms with Crippen molar-refractivity contribution in [2.75, 3.05) is 29.5 Å². The molecule has 0 radical (unpaired) electrons. The van der Waals surface area contributed by atoms with E-state index in [1.807, 2.05) is 26.8 Å². The van der Waals surface area contributed by atoms with Gasteiger partial charge >= 0.3 is 0 Å². The number of hydrogen-bond donors (Lipinski definition) is 1. The summed E-state index contributed by atoms with van der Waals surface area (Å²) in [4.78, 5) is 12.6. The Balaban J connectivity index is 2.26. The molecule has 152 valence electrons. The lowest BCUT2D eigenvalue weighted by atomic mass is 10.2. The Kier molecular flexibility index (Phi) is 6.90. The van der Waals surface area contributed by atoms with Crippen LogP contribution in [0.25, 0.3) is 0 Å². The van der Waals surface area contributed by atoms with Crippen LogP contribution in [-0.4, -0.2) is 40.3 Å². The Bertz CT molecular complexity index is 941. The van der Waals surface area contributed by atoms with Crippen LogP contribution >= 0.6 is 0 Å². The molecule has 2 aromatic rings. The van der Waals surface area contributed by atoms with Crippen molar-refractivity contribution in [3.63, 3.8) is 0 Å². The van der Waals surface area contributed by atoms with Crippen LogP contribution in [0.5, 0.6) is 11.5 Å². The van der Waals surface area contributed by atoms with Crippen molar-refractivity contribution in [3.8, 4) is 11.5 Å². The zero-order chi connectivity index (χ0) is 20.9. The molecule has 7 nitrogen and oxygen atoms in total. The highest BCUT2D eigenvalue weighted by atomic mass is 32.2. The van der Waals surface area contributed by atoms with E-state index in [0.717, 1.165) is 16.1 Å². The van der Waals surface area contributed by atoms with E-state index in [9.17, 15) is 13.2 Å². The lowest BCUT2D eigenvalue weighted by Gasteiger charge is -2.23. The summed E-state index contributed by atoms with van der Waals surface area (Å²) >= 11 is 0. The summed E-state index contributed by atoms with van der Waals surface area (Å²) in [5, 5.41) is 2.72. The number of anilines is 2. The summed E-state index contributed by atoms with van der Waals surface area (Å²) in [6.45, 7) is 5.27. The average Bonchev–Trinajstić information content (AvgIpc) is 2.58. The van der Waals surface area contributed by atoms with Crippen molar-refractivity contribution in [2.24, 2.45) is 0 Å². The van der Waals surface area contributed by atoms with Gasteiger partial charge in [0, 0.05) is 6.07 Å². The molecule has 0 atom stereocenters. The normalized spacial score (nSPS) is 11.2. The van der Waals surface area contributed by atoms with Crippen LogP contribution in [0.3, 0.4) is 0 Å². The molecular formula is C20H26N2O5S. The topological polar surface area (TPSA) is 84.9 Å². The minimum absolute atomic E-state index is 0.0565. The van der Waals surface area contributed by atoms with Crippen LogP contribution < -0.4 is 19.1 Å². The maximum atomic E-state index is 12.6. The SMILES string of the molecule is COc1ccc(C)cc1NC(=O)CN(c1cccc(OC(C)C)c1)S(C)(=O)=O. The molecule has 0 heterocycles. The van der Waals surface area contributed by atoms with Gasteiger partial charge in [0.25, 0.3) is 0 Å². The highest BCUT2D eigenvalue weighted by Gasteiger charge is 2.22. The molecule has 0 aromatic heterocycles. The van der Waals surface area contributed by atoms with E-state index in [0.29, 0.717) is 22.9 Å². The van der Waals surface area contributed by atoms with Crippen molar-refractivity contribution in [1.82, 2.24) is 0 Å². The van der Waals surface area contributed by atoms with E-state index in [1.165, 1.54) is 7.11 Å². The van der Waals surface area contributed by atoms with E-state index in [2.05, 4.69) is 5.32 Å². The quantitative estimate of drug-likeness (QED) is 0.728. The number of carbonyl (C=O) groups excluding carboxylic acids is 1. The Morgan fingerprint density at radius 3 is 2.50 bits per heavy atom. The van der Waals surface area contributed by atoms with Gasteiger partial charge in [0.1, 0.15) is 18.0 Å². The van der Waals surface area contributed by atoms with Gasteiger partial charge in [-0.2, -0.15) is 0 Å². The Morgan fingerprint density at radius 1 is 1.18 bits per heavy atom. The third-order valence-electron chi connectivity index (χ3n) is 3.79. The maximum absolute atomic E-state index is 12.6. The fourth-order valence-electron chi connectivity index (χ4n) is 2.62. The first kappa shape index (κ1) is 21.6. The van der Waals surface area contributed by atoms with Crippen LogP contribution in [0, 0.1) is 6.92 Å². The van der Waals surface area contributed by atoms with Crippen molar-refractivity contribution in [3.05, 3.63) is 48.0 Å². The van der Waals surface area contributed by atoms with Crippen molar-refractivity contribution >= 4 is 27.3 Å². The molecule has 0 spiro atoms. The van der Waals surface area contributed by atoms with Gasteiger partial charge in [0.05, 0.1) is 30.8 Å². The fraction of sp³-hybridized carbons (Fsp3) is 0.350. The Labute approximate surface area is 166 Å². The third kappa shape index (κ3) is 5.88. The maximum Gasteiger partial charge on any atom is 0.245 e. The van der Waals surface area contributed by atoms with Gasteiger partial charge in [-0.3, -0.25) is 9.10 Å². The highest BCUT2D eigenvalue weighted by molar-refractivity contribution is 7.92. The number of amides is 1. The number of hydrogen-bond acceptors (Lipinski definition) is 5. The standard InChI is InChI=1S/C20H26N2O5S/c1-14(2)27-17-8-6-7-16(12-17)22(28(5,24)25)13-20(23)21-18-11-15(3)9-10-19(18)26-4/h6-12,14H,13H2,1-5H3,(H,21,23). The van der Waals surface area contributed by atoms with E-state index in [-0.39, 0.29) is 12.6 Å². The number of nitrogens with zero attached hydrogens (tertiary/aromatic N) is 1. The number of nitrogens with one attached hydrogen (secondary N) is 1. The van der Waals surface area contributed by atoms with Gasteiger partial charge in [0.2, 0.25) is 15.9 Å². The molecular weight excluding hydrogens is 380 g/mol. The zero-order valence-electron chi connectivity index (χ0n) is 16.7. The Morgan fingerprint density at radius 2 is 1.89 bits per heavy atom. The van der Waals surface area contributed by atoms with Crippen molar-refractivity contribution in [1.29, 1.82) is 0 Å². The first-order valence-electron chi connectivity index (χ1n) is 8.79. The molecule has 0 bridgehead atoms. The molecule has 0 aliphatic rings. The second-order valence-electron chi connectivity index (χ2n) is 6.69. The van der Waals surface area contributed by atoms with Crippen LogP contribution in [0.1, 0.15) is 19.4 Å². The van der Waals surface area contributed by atoms with Gasteiger partial charge in [-0.25, -0.2) is 8.42 Å². The molecule has 0 aliphatic carbocycles. The number of ether oxygens (including phenoxy) is 2. The number of aryl methyl sites for hydroxylation is 1. The first-order valence-corrected chi connectivity index (χ1v) is 10.6. The number of rotatable bonds is 8. The molecule has 1 amide bonds. The molecule has 1 N–H and O–H groups in total. The van der Waals surface area contributed by atoms with E-state index < -0.39 is 15.9 Å². The van der Waals surface area contributed by atoms with Crippen LogP contribution in [0.2, 0.25) is 0 Å². The van der Waals surface area contributed by atoms with E-state index >= 15 is 0 Å². The molecule has 0 saturated carbocycles. The van der Waals surface area contributed by atoms with E-state index in [4.69, 9.17) is 9.47 Å². The second-order valence-corrected chi connectivity index (χ2v) is 8.59. The van der Waals surface area contributed by atoms with Crippen LogP contribution in [-0.2, 0) is 14.8 Å². The summed E-state index contributed by atoms with van der Waals surface area (Å²) in [7, 11) is -2.19. The average molecular weight is 407 g/mol. The van der Waals surface area contributed by atoms with Gasteiger partial charge in [0.15, 0.2) is 0 Å². The minimum Gasteiger partial charge on any atom is -0.495 e.